The number of aromatic nitrogens is 3. The molecule has 1 fully saturated rings. The topological polar surface area (TPSA) is 60.1 Å². The highest BCUT2D eigenvalue weighted by molar-refractivity contribution is 5.83. The number of aromatic amines is 1. The molecule has 188 valence electrons. The quantitative estimate of drug-likeness (QED) is 0.376. The van der Waals surface area contributed by atoms with E-state index >= 15 is 4.39 Å². The van der Waals surface area contributed by atoms with E-state index in [0.29, 0.717) is 38.0 Å². The summed E-state index contributed by atoms with van der Waals surface area (Å²) in [4.78, 5) is 7.55. The van der Waals surface area contributed by atoms with Gasteiger partial charge in [-0.2, -0.15) is 22.7 Å². The molecule has 2 aliphatic rings. The Bertz CT molecular complexity index is 1190. The van der Waals surface area contributed by atoms with Crippen LogP contribution < -0.4 is 5.32 Å². The molecule has 1 saturated heterocycles. The van der Waals surface area contributed by atoms with E-state index in [4.69, 9.17) is 0 Å². The van der Waals surface area contributed by atoms with E-state index in [2.05, 4.69) is 25.4 Å². The monoisotopic (exact) mass is 494 g/mol. The number of rotatable bonds is 7. The van der Waals surface area contributed by atoms with Crippen LogP contribution in [-0.2, 0) is 6.42 Å². The molecule has 3 aromatic rings. The molecule has 5 rings (SSSR count). The SMILES string of the molecule is C[C@@H]1Cc2c(ccc3[nH]ncc23)[C@@H](c2ccc(NC3CN(CCCF)C3)c(F)n2)N1CC(F)(F)F. The van der Waals surface area contributed by atoms with Gasteiger partial charge in [0.25, 0.3) is 0 Å². The van der Waals surface area contributed by atoms with Gasteiger partial charge in [-0.25, -0.2) is 4.98 Å². The Morgan fingerprint density at radius 1 is 1.17 bits per heavy atom. The van der Waals surface area contributed by atoms with Crippen molar-refractivity contribution < 1.29 is 22.0 Å². The van der Waals surface area contributed by atoms with Gasteiger partial charge in [0.2, 0.25) is 5.95 Å². The summed E-state index contributed by atoms with van der Waals surface area (Å²) in [7, 11) is 0. The van der Waals surface area contributed by atoms with Gasteiger partial charge >= 0.3 is 6.18 Å². The molecule has 0 radical (unpaired) electrons. The minimum absolute atomic E-state index is 0.0169. The summed E-state index contributed by atoms with van der Waals surface area (Å²) in [6.07, 6.45) is -1.85. The van der Waals surface area contributed by atoms with Crippen molar-refractivity contribution in [3.05, 3.63) is 53.2 Å². The maximum Gasteiger partial charge on any atom is 0.401 e. The number of nitrogens with one attached hydrogen (secondary N) is 2. The number of anilines is 1. The van der Waals surface area contributed by atoms with Gasteiger partial charge in [-0.15, -0.1) is 0 Å². The van der Waals surface area contributed by atoms with E-state index in [1.165, 1.54) is 4.90 Å². The Labute approximate surface area is 199 Å². The zero-order chi connectivity index (χ0) is 24.7. The molecule has 0 unspecified atom stereocenters. The number of likely N-dealkylation sites (tertiary alicyclic amines) is 1. The highest BCUT2D eigenvalue weighted by Crippen LogP contribution is 2.41. The summed E-state index contributed by atoms with van der Waals surface area (Å²) in [5.74, 6) is -0.749. The maximum atomic E-state index is 15.1. The van der Waals surface area contributed by atoms with Crippen LogP contribution in [0.5, 0.6) is 0 Å². The van der Waals surface area contributed by atoms with Crippen LogP contribution in [0.2, 0.25) is 0 Å². The summed E-state index contributed by atoms with van der Waals surface area (Å²) >= 11 is 0. The number of benzene rings is 1. The fourth-order valence-electron chi connectivity index (χ4n) is 5.26. The van der Waals surface area contributed by atoms with Crippen LogP contribution in [-0.4, -0.2) is 76.1 Å². The molecular formula is C24H27F5N6. The van der Waals surface area contributed by atoms with Crippen molar-refractivity contribution in [2.75, 3.05) is 38.2 Å². The van der Waals surface area contributed by atoms with Crippen LogP contribution in [0.4, 0.5) is 27.6 Å². The highest BCUT2D eigenvalue weighted by atomic mass is 19.4. The molecule has 0 bridgehead atoms. The summed E-state index contributed by atoms with van der Waals surface area (Å²) in [6.45, 7) is 2.27. The number of fused-ring (bicyclic) bond motifs is 3. The van der Waals surface area contributed by atoms with E-state index in [1.54, 1.807) is 37.4 Å². The molecule has 1 aromatic carbocycles. The van der Waals surface area contributed by atoms with Gasteiger partial charge in [0.15, 0.2) is 0 Å². The predicted octanol–water partition coefficient (Wildman–Crippen LogP) is 4.45. The van der Waals surface area contributed by atoms with E-state index in [1.807, 2.05) is 0 Å². The highest BCUT2D eigenvalue weighted by Gasteiger charge is 2.42. The number of nitrogens with zero attached hydrogens (tertiary/aromatic N) is 4. The second-order valence-corrected chi connectivity index (χ2v) is 9.43. The molecule has 11 heteroatoms. The van der Waals surface area contributed by atoms with Crippen LogP contribution in [0, 0.1) is 5.95 Å². The van der Waals surface area contributed by atoms with E-state index in [-0.39, 0.29) is 24.1 Å². The van der Waals surface area contributed by atoms with Crippen LogP contribution in [0.3, 0.4) is 0 Å². The second-order valence-electron chi connectivity index (χ2n) is 9.43. The van der Waals surface area contributed by atoms with Gasteiger partial charge in [-0.05, 0) is 49.1 Å². The molecule has 0 saturated carbocycles. The zero-order valence-corrected chi connectivity index (χ0v) is 19.2. The Morgan fingerprint density at radius 2 is 1.97 bits per heavy atom. The van der Waals surface area contributed by atoms with Gasteiger partial charge in [0.05, 0.1) is 48.4 Å². The van der Waals surface area contributed by atoms with Crippen LogP contribution >= 0.6 is 0 Å². The first-order chi connectivity index (χ1) is 16.7. The third kappa shape index (κ3) is 4.84. The average molecular weight is 495 g/mol. The average Bonchev–Trinajstić information content (AvgIpc) is 3.25. The second kappa shape index (κ2) is 9.34. The molecule has 0 spiro atoms. The zero-order valence-electron chi connectivity index (χ0n) is 19.2. The fraction of sp³-hybridized carbons (Fsp3) is 0.500. The molecule has 35 heavy (non-hydrogen) atoms. The lowest BCUT2D eigenvalue weighted by Gasteiger charge is -2.42. The molecule has 2 aromatic heterocycles. The standard InChI is InChI=1S/C24H27F5N6/c1-14-9-17-16(3-4-19-18(17)10-30-33-19)22(35(14)13-24(27,28)29)20-5-6-21(23(26)32-20)31-15-11-34(12-15)8-2-7-25/h3-6,10,14-15,22,31H,2,7-9,11-13H2,1H3,(H,30,33)/t14-,22+/m1/s1. The van der Waals surface area contributed by atoms with Gasteiger partial charge in [0, 0.05) is 31.1 Å². The Hall–Kier alpha value is -2.79. The first-order valence-electron chi connectivity index (χ1n) is 11.7. The van der Waals surface area contributed by atoms with Crippen molar-refractivity contribution in [2.24, 2.45) is 0 Å². The smallest absolute Gasteiger partial charge is 0.376 e. The normalized spacial score (nSPS) is 21.8. The Kier molecular flexibility index (Phi) is 6.39. The Morgan fingerprint density at radius 3 is 2.69 bits per heavy atom. The molecule has 2 N–H and O–H groups in total. The minimum Gasteiger partial charge on any atom is -0.376 e. The third-order valence-electron chi connectivity index (χ3n) is 6.90. The molecule has 6 nitrogen and oxygen atoms in total. The molecular weight excluding hydrogens is 467 g/mol. The number of alkyl halides is 4. The molecule has 2 aliphatic heterocycles. The van der Waals surface area contributed by atoms with E-state index in [0.717, 1.165) is 16.5 Å². The number of H-pyrrole nitrogens is 1. The number of pyridine rings is 1. The number of halogens is 5. The fourth-order valence-corrected chi connectivity index (χ4v) is 5.26. The van der Waals surface area contributed by atoms with Crippen molar-refractivity contribution in [2.45, 2.75) is 44.1 Å². The summed E-state index contributed by atoms with van der Waals surface area (Å²) in [6, 6.07) is 5.43. The van der Waals surface area contributed by atoms with E-state index in [9.17, 15) is 17.6 Å². The van der Waals surface area contributed by atoms with E-state index < -0.39 is 30.8 Å². The van der Waals surface area contributed by atoms with Crippen molar-refractivity contribution >= 4 is 16.6 Å². The largest absolute Gasteiger partial charge is 0.401 e. The molecule has 2 atom stereocenters. The summed E-state index contributed by atoms with van der Waals surface area (Å²) in [5, 5.41) is 10.9. The number of hydrogen-bond acceptors (Lipinski definition) is 5. The Balaban J connectivity index is 1.44. The van der Waals surface area contributed by atoms with Crippen molar-refractivity contribution in [1.82, 2.24) is 25.0 Å². The maximum absolute atomic E-state index is 15.1. The summed E-state index contributed by atoms with van der Waals surface area (Å²) < 4.78 is 68.0. The van der Waals surface area contributed by atoms with Gasteiger partial charge in [-0.3, -0.25) is 19.3 Å². The van der Waals surface area contributed by atoms with Gasteiger partial charge < -0.3 is 5.32 Å². The first kappa shape index (κ1) is 23.9. The lowest BCUT2D eigenvalue weighted by atomic mass is 9.85. The lowest BCUT2D eigenvalue weighted by Crippen LogP contribution is -2.55. The molecule has 0 aliphatic carbocycles. The van der Waals surface area contributed by atoms with Gasteiger partial charge in [0.1, 0.15) is 0 Å². The van der Waals surface area contributed by atoms with Gasteiger partial charge in [-0.1, -0.05) is 6.07 Å². The predicted molar refractivity (Wildman–Crippen MR) is 123 cm³/mol. The minimum atomic E-state index is -4.41. The number of hydrogen-bond donors (Lipinski definition) is 2. The lowest BCUT2D eigenvalue weighted by molar-refractivity contribution is -0.155. The van der Waals surface area contributed by atoms with Crippen LogP contribution in [0.25, 0.3) is 10.9 Å². The van der Waals surface area contributed by atoms with Crippen molar-refractivity contribution in [3.8, 4) is 0 Å². The van der Waals surface area contributed by atoms with Crippen LogP contribution in [0.1, 0.15) is 36.2 Å². The molecule has 4 heterocycles. The van der Waals surface area contributed by atoms with Crippen molar-refractivity contribution in [1.29, 1.82) is 0 Å². The third-order valence-corrected chi connectivity index (χ3v) is 6.90. The first-order valence-corrected chi connectivity index (χ1v) is 11.7. The van der Waals surface area contributed by atoms with Crippen LogP contribution in [0.15, 0.2) is 30.5 Å². The molecule has 0 amide bonds. The summed E-state index contributed by atoms with van der Waals surface area (Å²) in [5.41, 5.74) is 2.82. The van der Waals surface area contributed by atoms with Crippen molar-refractivity contribution in [3.63, 3.8) is 0 Å².